The summed E-state index contributed by atoms with van der Waals surface area (Å²) in [5, 5.41) is 1.44. The topological polar surface area (TPSA) is 12.0 Å². The molecule has 0 aromatic rings. The minimum absolute atomic E-state index is 1.44. The minimum atomic E-state index is -2.57. The fourth-order valence-corrected chi connectivity index (χ4v) is 0.134. The molecule has 0 saturated carbocycles. The van der Waals surface area contributed by atoms with Crippen LogP contribution in [0.5, 0.6) is 0 Å². The predicted octanol–water partition coefficient (Wildman–Crippen LogP) is 0.633. The molecular formula is C2H2F2NS. The van der Waals surface area contributed by atoms with E-state index in [0.29, 0.717) is 0 Å². The highest BCUT2D eigenvalue weighted by molar-refractivity contribution is 7.78. The van der Waals surface area contributed by atoms with Gasteiger partial charge in [0.05, 0.1) is 0 Å². The van der Waals surface area contributed by atoms with E-state index < -0.39 is 6.55 Å². The molecule has 0 aromatic carbocycles. The summed E-state index contributed by atoms with van der Waals surface area (Å²) in [4.78, 5) is 0. The summed E-state index contributed by atoms with van der Waals surface area (Å²) < 4.78 is 21.6. The van der Waals surface area contributed by atoms with Gasteiger partial charge in [-0.15, -0.1) is 0 Å². The van der Waals surface area contributed by atoms with Crippen molar-refractivity contribution < 1.29 is 8.78 Å². The van der Waals surface area contributed by atoms with Gasteiger partial charge < -0.3 is 5.32 Å². The molecule has 1 radical (unpaired) electrons. The van der Waals surface area contributed by atoms with E-state index in [9.17, 15) is 8.78 Å². The Hall–Kier alpha value is -0.250. The number of rotatable bonds is 2. The first-order valence-corrected chi connectivity index (χ1v) is 1.59. The van der Waals surface area contributed by atoms with Crippen molar-refractivity contribution in [2.75, 3.05) is 0 Å². The van der Waals surface area contributed by atoms with Gasteiger partial charge in [-0.3, -0.25) is 0 Å². The van der Waals surface area contributed by atoms with E-state index >= 15 is 0 Å². The molecule has 6 heavy (non-hydrogen) atoms. The maximum atomic E-state index is 10.8. The second-order valence-corrected chi connectivity index (χ2v) is 0.751. The molecule has 0 bridgehead atoms. The van der Waals surface area contributed by atoms with Gasteiger partial charge in [0.1, 0.15) is 5.49 Å². The Balaban J connectivity index is 2.81. The summed E-state index contributed by atoms with van der Waals surface area (Å²) in [6.07, 6.45) is 0. The first-order valence-electron chi connectivity index (χ1n) is 1.18. The number of alkyl halides is 2. The fourth-order valence-electron chi connectivity index (χ4n) is 0.0445. The van der Waals surface area contributed by atoms with Crippen molar-refractivity contribution in [3.63, 3.8) is 0 Å². The summed E-state index contributed by atoms with van der Waals surface area (Å²) in [5.74, 6) is 0. The highest BCUT2D eigenvalue weighted by atomic mass is 32.1. The minimum Gasteiger partial charge on any atom is -0.318 e. The van der Waals surface area contributed by atoms with E-state index in [2.05, 4.69) is 12.2 Å². The Morgan fingerprint density at radius 3 is 2.17 bits per heavy atom. The summed E-state index contributed by atoms with van der Waals surface area (Å²) in [7, 11) is 0. The summed E-state index contributed by atoms with van der Waals surface area (Å²) in [6, 6.07) is 0. The third-order valence-electron chi connectivity index (χ3n) is 0.168. The van der Waals surface area contributed by atoms with Gasteiger partial charge in [0.15, 0.2) is 0 Å². The summed E-state index contributed by atoms with van der Waals surface area (Å²) >= 11 is 3.89. The van der Waals surface area contributed by atoms with E-state index in [1.165, 1.54) is 5.32 Å². The van der Waals surface area contributed by atoms with Gasteiger partial charge in [0, 0.05) is 0 Å². The number of hydrogen-bond donors (Lipinski definition) is 1. The van der Waals surface area contributed by atoms with Gasteiger partial charge in [-0.2, -0.15) is 8.78 Å². The Bertz CT molecular complexity index is 46.8. The van der Waals surface area contributed by atoms with Crippen molar-refractivity contribution in [2.24, 2.45) is 0 Å². The lowest BCUT2D eigenvalue weighted by atomic mass is 11.2. The van der Waals surface area contributed by atoms with Crippen LogP contribution in [0.3, 0.4) is 0 Å². The molecule has 0 aliphatic carbocycles. The van der Waals surface area contributed by atoms with Crippen LogP contribution in [-0.4, -0.2) is 12.0 Å². The molecule has 0 aliphatic rings. The lowest BCUT2D eigenvalue weighted by Gasteiger charge is -1.88. The second-order valence-electron chi connectivity index (χ2n) is 0.547. The molecule has 35 valence electrons. The molecule has 0 aliphatic heterocycles. The number of nitrogens with one attached hydrogen (secondary N) is 1. The van der Waals surface area contributed by atoms with E-state index in [4.69, 9.17) is 0 Å². The average Bonchev–Trinajstić information content (AvgIpc) is 1.35. The maximum Gasteiger partial charge on any atom is 0.313 e. The van der Waals surface area contributed by atoms with Gasteiger partial charge in [0.25, 0.3) is 0 Å². The highest BCUT2D eigenvalue weighted by Gasteiger charge is 1.91. The monoisotopic (exact) mass is 110 g/mol. The second kappa shape index (κ2) is 2.96. The van der Waals surface area contributed by atoms with Crippen molar-refractivity contribution in [3.05, 3.63) is 0 Å². The van der Waals surface area contributed by atoms with Gasteiger partial charge in [-0.1, -0.05) is 12.2 Å². The van der Waals surface area contributed by atoms with Crippen LogP contribution in [0.1, 0.15) is 0 Å². The Labute approximate surface area is 39.3 Å². The van der Waals surface area contributed by atoms with Crippen LogP contribution in [0.15, 0.2) is 0 Å². The molecule has 1 N–H and O–H groups in total. The third-order valence-corrected chi connectivity index (χ3v) is 0.286. The van der Waals surface area contributed by atoms with Crippen molar-refractivity contribution in [3.8, 4) is 0 Å². The van der Waals surface area contributed by atoms with Crippen LogP contribution in [-0.2, 0) is 0 Å². The maximum absolute atomic E-state index is 10.8. The molecular weight excluding hydrogens is 108 g/mol. The van der Waals surface area contributed by atoms with Crippen LogP contribution in [0, 0.1) is 0 Å². The van der Waals surface area contributed by atoms with E-state index in [0.717, 1.165) is 0 Å². The van der Waals surface area contributed by atoms with Gasteiger partial charge in [-0.25, -0.2) is 0 Å². The van der Waals surface area contributed by atoms with Crippen LogP contribution in [0.25, 0.3) is 0 Å². The number of halogens is 2. The van der Waals surface area contributed by atoms with Crippen LogP contribution < -0.4 is 5.32 Å². The Morgan fingerprint density at radius 1 is 1.67 bits per heavy atom. The van der Waals surface area contributed by atoms with Crippen molar-refractivity contribution >= 4 is 17.7 Å². The van der Waals surface area contributed by atoms with E-state index in [1.807, 2.05) is 0 Å². The fraction of sp³-hybridized carbons (Fsp3) is 0.500. The average molecular weight is 110 g/mol. The van der Waals surface area contributed by atoms with Crippen molar-refractivity contribution in [1.82, 2.24) is 5.32 Å². The number of hydrogen-bond acceptors (Lipinski definition) is 1. The molecule has 0 amide bonds. The Morgan fingerprint density at radius 2 is 2.17 bits per heavy atom. The first kappa shape index (κ1) is 5.75. The largest absolute Gasteiger partial charge is 0.318 e. The molecule has 0 spiro atoms. The molecule has 0 aromatic heterocycles. The highest BCUT2D eigenvalue weighted by Crippen LogP contribution is 1.79. The zero-order valence-electron chi connectivity index (χ0n) is 2.74. The zero-order chi connectivity index (χ0) is 4.99. The zero-order valence-corrected chi connectivity index (χ0v) is 3.56. The predicted molar refractivity (Wildman–Crippen MR) is 21.7 cm³/mol. The molecule has 0 unspecified atom stereocenters. The SMILES string of the molecule is FC(F)N[C]=S. The summed E-state index contributed by atoms with van der Waals surface area (Å²) in [6.45, 7) is -2.57. The Kier molecular flexibility index (Phi) is 2.84. The number of thiocarbonyl (C=S) groups is 1. The molecule has 0 saturated heterocycles. The van der Waals surface area contributed by atoms with Gasteiger partial charge in [-0.05, 0) is 0 Å². The first-order chi connectivity index (χ1) is 2.77. The summed E-state index contributed by atoms with van der Waals surface area (Å²) in [5.41, 5.74) is 1.65. The van der Waals surface area contributed by atoms with E-state index in [1.54, 1.807) is 5.49 Å². The van der Waals surface area contributed by atoms with Crippen molar-refractivity contribution in [2.45, 2.75) is 6.55 Å². The van der Waals surface area contributed by atoms with Gasteiger partial charge in [0.2, 0.25) is 0 Å². The standard InChI is InChI=1S/C2H2F2NS/c3-2(4)5-1-6/h2H,(H,5,6). The third kappa shape index (κ3) is 3.75. The smallest absolute Gasteiger partial charge is 0.313 e. The molecule has 0 rings (SSSR count). The van der Waals surface area contributed by atoms with Crippen molar-refractivity contribution in [1.29, 1.82) is 0 Å². The quantitative estimate of drug-likeness (QED) is 0.318. The van der Waals surface area contributed by atoms with E-state index in [-0.39, 0.29) is 0 Å². The molecule has 0 heterocycles. The lowest BCUT2D eigenvalue weighted by molar-refractivity contribution is 0.134. The molecule has 4 heteroatoms. The normalized spacial score (nSPS) is 8.50. The van der Waals surface area contributed by atoms with Crippen LogP contribution in [0.2, 0.25) is 0 Å². The molecule has 1 nitrogen and oxygen atoms in total. The lowest BCUT2D eigenvalue weighted by Crippen LogP contribution is -2.15. The molecule has 0 fully saturated rings. The van der Waals surface area contributed by atoms with Crippen LogP contribution in [0.4, 0.5) is 8.78 Å². The van der Waals surface area contributed by atoms with Gasteiger partial charge >= 0.3 is 6.55 Å². The molecule has 0 atom stereocenters. The van der Waals surface area contributed by atoms with Crippen LogP contribution >= 0.6 is 12.2 Å².